The quantitative estimate of drug-likeness (QED) is 0.462. The molecule has 1 rings (SSSR count). The molecular weight excluding hydrogens is 212 g/mol. The van der Waals surface area contributed by atoms with Crippen LogP contribution in [-0.2, 0) is 0 Å². The van der Waals surface area contributed by atoms with Crippen LogP contribution in [0.1, 0.15) is 31.2 Å². The zero-order chi connectivity index (χ0) is 12.7. The highest BCUT2D eigenvalue weighted by atomic mass is 16.3. The maximum absolute atomic E-state index is 9.77. The minimum atomic E-state index is 0.114. The molecule has 0 aromatic heterocycles. The van der Waals surface area contributed by atoms with E-state index in [-0.39, 0.29) is 17.4 Å². The number of aliphatic hydroxyl groups excluding tert-OH is 1. The van der Waals surface area contributed by atoms with E-state index in [2.05, 4.69) is 11.6 Å². The number of benzene rings is 1. The molecule has 0 aliphatic heterocycles. The van der Waals surface area contributed by atoms with E-state index in [0.29, 0.717) is 6.42 Å². The summed E-state index contributed by atoms with van der Waals surface area (Å²) in [6.07, 6.45) is 3.05. The van der Waals surface area contributed by atoms with E-state index in [1.165, 1.54) is 0 Å². The van der Waals surface area contributed by atoms with Crippen molar-refractivity contribution in [3.05, 3.63) is 65.0 Å². The minimum absolute atomic E-state index is 0.114. The first-order valence-corrected chi connectivity index (χ1v) is 5.58. The first-order chi connectivity index (χ1) is 8.19. The van der Waals surface area contributed by atoms with Gasteiger partial charge in [0.1, 0.15) is 0 Å². The fraction of sp³-hybridized carbons (Fsp3) is 0.286. The number of rotatable bonds is 5. The monoisotopic (exact) mass is 229 g/mol. The summed E-state index contributed by atoms with van der Waals surface area (Å²) in [6, 6.07) is 9.93. The molecule has 0 heterocycles. The zero-order valence-corrected chi connectivity index (χ0v) is 10.0. The summed E-state index contributed by atoms with van der Waals surface area (Å²) in [5.41, 5.74) is 1.40. The Balaban J connectivity index is 2.89. The summed E-state index contributed by atoms with van der Waals surface area (Å²) >= 11 is 0. The Kier molecular flexibility index (Phi) is 4.96. The maximum atomic E-state index is 9.77. The zero-order valence-electron chi connectivity index (χ0n) is 10.0. The Bertz CT molecular complexity index is 443. The highest BCUT2D eigenvalue weighted by molar-refractivity contribution is 5.23. The van der Waals surface area contributed by atoms with Crippen molar-refractivity contribution in [3.8, 4) is 0 Å². The standard InChI is InChI=1S/C14H16N2O/c1-3-7-13(10-14(17)11(2)16-15)12-8-5-4-6-9-12/h3-6,8-9,13H,1,7,10H2,2H3/p+1/b14-11+. The molecule has 0 spiro atoms. The molecule has 0 bridgehead atoms. The van der Waals surface area contributed by atoms with Crippen LogP contribution in [0.25, 0.3) is 4.98 Å². The molecule has 0 saturated carbocycles. The van der Waals surface area contributed by atoms with Gasteiger partial charge >= 0.3 is 5.70 Å². The molecule has 17 heavy (non-hydrogen) atoms. The molecule has 1 unspecified atom stereocenters. The molecule has 0 fully saturated rings. The van der Waals surface area contributed by atoms with Gasteiger partial charge in [0.2, 0.25) is 5.39 Å². The molecule has 88 valence electrons. The highest BCUT2D eigenvalue weighted by Crippen LogP contribution is 2.27. The molecular formula is C14H17N2O+. The average molecular weight is 229 g/mol. The van der Waals surface area contributed by atoms with Gasteiger partial charge in [-0.15, -0.1) is 6.58 Å². The molecule has 0 aliphatic carbocycles. The van der Waals surface area contributed by atoms with Crippen molar-refractivity contribution in [2.75, 3.05) is 0 Å². The second kappa shape index (κ2) is 6.49. The molecule has 1 N–H and O–H groups in total. The lowest BCUT2D eigenvalue weighted by Gasteiger charge is -2.13. The fourth-order valence-corrected chi connectivity index (χ4v) is 1.70. The second-order valence-electron chi connectivity index (χ2n) is 3.97. The van der Waals surface area contributed by atoms with Crippen LogP contribution in [0.3, 0.4) is 0 Å². The summed E-state index contributed by atoms with van der Waals surface area (Å²) in [5, 5.41) is 18.4. The Morgan fingerprint density at radius 2 is 2.12 bits per heavy atom. The van der Waals surface area contributed by atoms with Crippen molar-refractivity contribution in [2.45, 2.75) is 25.7 Å². The summed E-state index contributed by atoms with van der Waals surface area (Å²) < 4.78 is 0. The smallest absolute Gasteiger partial charge is 0.395 e. The molecule has 0 radical (unpaired) electrons. The first-order valence-electron chi connectivity index (χ1n) is 5.58. The third kappa shape index (κ3) is 3.76. The van der Waals surface area contributed by atoms with Gasteiger partial charge in [-0.3, -0.25) is 0 Å². The highest BCUT2D eigenvalue weighted by Gasteiger charge is 2.18. The topological polar surface area (TPSA) is 48.4 Å². The number of aliphatic hydroxyl groups is 1. The van der Waals surface area contributed by atoms with E-state index < -0.39 is 0 Å². The molecule has 1 aromatic carbocycles. The van der Waals surface area contributed by atoms with Crippen LogP contribution in [0.5, 0.6) is 0 Å². The number of hydrogen-bond acceptors (Lipinski definition) is 2. The molecule has 1 aromatic rings. The van der Waals surface area contributed by atoms with E-state index in [1.54, 1.807) is 6.92 Å². The average Bonchev–Trinajstić information content (AvgIpc) is 2.38. The van der Waals surface area contributed by atoms with Gasteiger partial charge < -0.3 is 5.11 Å². The van der Waals surface area contributed by atoms with Crippen LogP contribution in [-0.4, -0.2) is 5.11 Å². The molecule has 0 aliphatic rings. The van der Waals surface area contributed by atoms with Gasteiger partial charge in [0.25, 0.3) is 0 Å². The van der Waals surface area contributed by atoms with Crippen LogP contribution < -0.4 is 0 Å². The number of allylic oxidation sites excluding steroid dienone is 3. The van der Waals surface area contributed by atoms with E-state index in [4.69, 9.17) is 5.39 Å². The first kappa shape index (κ1) is 13.0. The number of nitrogens with zero attached hydrogens (tertiary/aromatic N) is 2. The molecule has 0 saturated heterocycles. The summed E-state index contributed by atoms with van der Waals surface area (Å²) in [4.78, 5) is 3.00. The summed E-state index contributed by atoms with van der Waals surface area (Å²) in [5.74, 6) is 0.272. The van der Waals surface area contributed by atoms with Gasteiger partial charge in [-0.2, -0.15) is 0 Å². The van der Waals surface area contributed by atoms with E-state index in [0.717, 1.165) is 12.0 Å². The lowest BCUT2D eigenvalue weighted by molar-refractivity contribution is 0.368. The molecule has 3 nitrogen and oxygen atoms in total. The van der Waals surface area contributed by atoms with E-state index in [9.17, 15) is 5.11 Å². The van der Waals surface area contributed by atoms with Gasteiger partial charge in [0, 0.05) is 13.3 Å². The van der Waals surface area contributed by atoms with Crippen LogP contribution >= 0.6 is 0 Å². The Labute approximate surface area is 102 Å². The van der Waals surface area contributed by atoms with Gasteiger partial charge in [0.15, 0.2) is 10.7 Å². The Hall–Kier alpha value is -2.08. The van der Waals surface area contributed by atoms with Crippen LogP contribution in [0, 0.1) is 5.39 Å². The Morgan fingerprint density at radius 3 is 2.65 bits per heavy atom. The van der Waals surface area contributed by atoms with Crippen molar-refractivity contribution in [2.24, 2.45) is 0 Å². The summed E-state index contributed by atoms with van der Waals surface area (Å²) in [6.45, 7) is 5.30. The normalized spacial score (nSPS) is 13.4. The predicted octanol–water partition coefficient (Wildman–Crippen LogP) is 4.38. The summed E-state index contributed by atoms with van der Waals surface area (Å²) in [7, 11) is 0. The predicted molar refractivity (Wildman–Crippen MR) is 69.0 cm³/mol. The van der Waals surface area contributed by atoms with Gasteiger partial charge in [0.05, 0.1) is 0 Å². The number of diazo groups is 1. The van der Waals surface area contributed by atoms with Crippen molar-refractivity contribution >= 4 is 0 Å². The van der Waals surface area contributed by atoms with Crippen LogP contribution in [0.4, 0.5) is 0 Å². The Morgan fingerprint density at radius 1 is 1.47 bits per heavy atom. The van der Waals surface area contributed by atoms with E-state index in [1.807, 2.05) is 36.4 Å². The number of hydrogen-bond donors (Lipinski definition) is 1. The van der Waals surface area contributed by atoms with Crippen molar-refractivity contribution in [1.29, 1.82) is 5.39 Å². The second-order valence-corrected chi connectivity index (χ2v) is 3.97. The molecule has 0 amide bonds. The molecule has 3 heteroatoms. The van der Waals surface area contributed by atoms with Gasteiger partial charge in [-0.1, -0.05) is 36.4 Å². The largest absolute Gasteiger partial charge is 0.505 e. The maximum Gasteiger partial charge on any atom is 0.395 e. The lowest BCUT2D eigenvalue weighted by atomic mass is 9.91. The third-order valence-electron chi connectivity index (χ3n) is 2.73. The van der Waals surface area contributed by atoms with Crippen LogP contribution in [0.2, 0.25) is 0 Å². The molecule has 1 atom stereocenters. The third-order valence-corrected chi connectivity index (χ3v) is 2.73. The fourth-order valence-electron chi connectivity index (χ4n) is 1.70. The van der Waals surface area contributed by atoms with E-state index >= 15 is 0 Å². The van der Waals surface area contributed by atoms with Crippen LogP contribution in [0.15, 0.2) is 54.4 Å². The SMILES string of the molecule is C=CCC(C/C(O)=C(/C)[N+]#N)c1ccccc1. The van der Waals surface area contributed by atoms with Gasteiger partial charge in [-0.05, 0) is 17.9 Å². The van der Waals surface area contributed by atoms with Crippen molar-refractivity contribution < 1.29 is 5.11 Å². The lowest BCUT2D eigenvalue weighted by Crippen LogP contribution is -2.00. The van der Waals surface area contributed by atoms with Gasteiger partial charge in [-0.25, -0.2) is 0 Å². The van der Waals surface area contributed by atoms with Crippen molar-refractivity contribution in [3.63, 3.8) is 0 Å². The van der Waals surface area contributed by atoms with Crippen molar-refractivity contribution in [1.82, 2.24) is 0 Å². The minimum Gasteiger partial charge on any atom is -0.505 e.